The van der Waals surface area contributed by atoms with E-state index in [9.17, 15) is 4.79 Å². The van der Waals surface area contributed by atoms with Crippen LogP contribution in [0.1, 0.15) is 19.8 Å². The molecule has 0 saturated heterocycles. The van der Waals surface area contributed by atoms with E-state index < -0.39 is 0 Å². The van der Waals surface area contributed by atoms with Crippen LogP contribution in [0.25, 0.3) is 0 Å². The summed E-state index contributed by atoms with van der Waals surface area (Å²) < 4.78 is 0. The van der Waals surface area contributed by atoms with Gasteiger partial charge in [0.1, 0.15) is 6.29 Å². The predicted molar refractivity (Wildman–Crippen MR) is 35.1 cm³/mol. The van der Waals surface area contributed by atoms with E-state index in [4.69, 9.17) is 10.2 Å². The highest BCUT2D eigenvalue weighted by Crippen LogP contribution is 1.74. The van der Waals surface area contributed by atoms with Crippen molar-refractivity contribution < 1.29 is 15.0 Å². The Labute approximate surface area is 55.3 Å². The molecule has 3 nitrogen and oxygen atoms in total. The van der Waals surface area contributed by atoms with Crippen LogP contribution in [0, 0.1) is 0 Å². The van der Waals surface area contributed by atoms with Crippen molar-refractivity contribution in [3.05, 3.63) is 0 Å². The SMILES string of the molecule is CCCC=O.OCCO. The molecule has 0 aliphatic heterocycles. The van der Waals surface area contributed by atoms with Gasteiger partial charge in [-0.2, -0.15) is 0 Å². The van der Waals surface area contributed by atoms with Crippen molar-refractivity contribution in [1.82, 2.24) is 0 Å². The van der Waals surface area contributed by atoms with Crippen LogP contribution in [0.15, 0.2) is 0 Å². The lowest BCUT2D eigenvalue weighted by Gasteiger charge is -1.70. The van der Waals surface area contributed by atoms with Gasteiger partial charge in [0.05, 0.1) is 13.2 Å². The molecule has 0 spiro atoms. The standard InChI is InChI=1S/C4H8O.C2H6O2/c1-2-3-4-5;3-1-2-4/h4H,2-3H2,1H3;3-4H,1-2H2. The Bertz CT molecular complexity index is 43.6. The smallest absolute Gasteiger partial charge is 0.119 e. The minimum atomic E-state index is -0.125. The number of hydrogen-bond donors (Lipinski definition) is 2. The van der Waals surface area contributed by atoms with Gasteiger partial charge in [0.15, 0.2) is 0 Å². The number of aliphatic hydroxyl groups is 2. The number of aldehydes is 1. The lowest BCUT2D eigenvalue weighted by atomic mass is 10.4. The van der Waals surface area contributed by atoms with Gasteiger partial charge >= 0.3 is 0 Å². The van der Waals surface area contributed by atoms with Gasteiger partial charge in [-0.05, 0) is 6.42 Å². The first kappa shape index (κ1) is 11.4. The maximum atomic E-state index is 9.40. The van der Waals surface area contributed by atoms with Crippen molar-refractivity contribution in [3.8, 4) is 0 Å². The van der Waals surface area contributed by atoms with Gasteiger partial charge in [0.25, 0.3) is 0 Å². The molecule has 0 bridgehead atoms. The fourth-order valence-electron chi connectivity index (χ4n) is 0.118. The summed E-state index contributed by atoms with van der Waals surface area (Å²) in [4.78, 5) is 9.40. The van der Waals surface area contributed by atoms with E-state index in [1.807, 2.05) is 6.92 Å². The highest BCUT2D eigenvalue weighted by molar-refractivity contribution is 5.48. The number of carbonyl (C=O) groups is 1. The summed E-state index contributed by atoms with van der Waals surface area (Å²) >= 11 is 0. The minimum Gasteiger partial charge on any atom is -0.394 e. The normalized spacial score (nSPS) is 7.44. The molecular weight excluding hydrogens is 120 g/mol. The number of unbranched alkanes of at least 4 members (excludes halogenated alkanes) is 1. The van der Waals surface area contributed by atoms with Gasteiger partial charge in [-0.3, -0.25) is 0 Å². The summed E-state index contributed by atoms with van der Waals surface area (Å²) in [7, 11) is 0. The lowest BCUT2D eigenvalue weighted by molar-refractivity contribution is -0.107. The molecule has 9 heavy (non-hydrogen) atoms. The van der Waals surface area contributed by atoms with Crippen molar-refractivity contribution in [3.63, 3.8) is 0 Å². The quantitative estimate of drug-likeness (QED) is 0.532. The zero-order valence-electron chi connectivity index (χ0n) is 5.71. The molecule has 0 aromatic heterocycles. The van der Waals surface area contributed by atoms with Crippen molar-refractivity contribution in [2.75, 3.05) is 13.2 Å². The summed E-state index contributed by atoms with van der Waals surface area (Å²) in [5, 5.41) is 15.2. The zero-order chi connectivity index (χ0) is 7.54. The van der Waals surface area contributed by atoms with E-state index in [2.05, 4.69) is 0 Å². The highest BCUT2D eigenvalue weighted by Gasteiger charge is 1.66. The molecule has 2 N–H and O–H groups in total. The van der Waals surface area contributed by atoms with Crippen LogP contribution < -0.4 is 0 Å². The Hall–Kier alpha value is -0.410. The van der Waals surface area contributed by atoms with Gasteiger partial charge in [-0.25, -0.2) is 0 Å². The Morgan fingerprint density at radius 1 is 1.33 bits per heavy atom. The summed E-state index contributed by atoms with van der Waals surface area (Å²) in [5.74, 6) is 0. The topological polar surface area (TPSA) is 57.5 Å². The Kier molecular flexibility index (Phi) is 19.8. The molecule has 0 aliphatic carbocycles. The highest BCUT2D eigenvalue weighted by atomic mass is 16.3. The van der Waals surface area contributed by atoms with Crippen molar-refractivity contribution in [2.45, 2.75) is 19.8 Å². The second-order valence-electron chi connectivity index (χ2n) is 1.40. The first-order valence-electron chi connectivity index (χ1n) is 2.98. The number of carbonyl (C=O) groups excluding carboxylic acids is 1. The van der Waals surface area contributed by atoms with Crippen LogP contribution in [0.2, 0.25) is 0 Å². The molecule has 0 aromatic carbocycles. The summed E-state index contributed by atoms with van der Waals surface area (Å²) in [6.45, 7) is 1.73. The van der Waals surface area contributed by atoms with Crippen molar-refractivity contribution >= 4 is 6.29 Å². The largest absolute Gasteiger partial charge is 0.394 e. The van der Waals surface area contributed by atoms with Gasteiger partial charge in [0.2, 0.25) is 0 Å². The fraction of sp³-hybridized carbons (Fsp3) is 0.833. The van der Waals surface area contributed by atoms with Crippen LogP contribution in [-0.2, 0) is 4.79 Å². The summed E-state index contributed by atoms with van der Waals surface area (Å²) in [6.07, 6.45) is 2.61. The second kappa shape index (κ2) is 15.6. The first-order chi connectivity index (χ1) is 4.33. The molecule has 0 aromatic rings. The second-order valence-corrected chi connectivity index (χ2v) is 1.40. The Morgan fingerprint density at radius 2 is 1.78 bits per heavy atom. The number of aliphatic hydroxyl groups excluding tert-OH is 2. The van der Waals surface area contributed by atoms with Crippen LogP contribution in [0.5, 0.6) is 0 Å². The molecule has 0 fully saturated rings. The number of rotatable bonds is 3. The van der Waals surface area contributed by atoms with Gasteiger partial charge < -0.3 is 15.0 Å². The third-order valence-electron chi connectivity index (χ3n) is 0.507. The maximum absolute atomic E-state index is 9.40. The molecule has 0 atom stereocenters. The summed E-state index contributed by atoms with van der Waals surface area (Å²) in [5.41, 5.74) is 0. The molecular formula is C6H14O3. The van der Waals surface area contributed by atoms with Crippen molar-refractivity contribution in [1.29, 1.82) is 0 Å². The van der Waals surface area contributed by atoms with E-state index in [0.717, 1.165) is 12.7 Å². The van der Waals surface area contributed by atoms with E-state index in [1.54, 1.807) is 0 Å². The molecule has 3 heteroatoms. The van der Waals surface area contributed by atoms with Crippen LogP contribution in [-0.4, -0.2) is 29.7 Å². The number of hydrogen-bond acceptors (Lipinski definition) is 3. The van der Waals surface area contributed by atoms with Crippen molar-refractivity contribution in [2.24, 2.45) is 0 Å². The van der Waals surface area contributed by atoms with E-state index in [1.165, 1.54) is 0 Å². The first-order valence-corrected chi connectivity index (χ1v) is 2.98. The third-order valence-corrected chi connectivity index (χ3v) is 0.507. The van der Waals surface area contributed by atoms with Gasteiger partial charge in [0, 0.05) is 6.42 Å². The van der Waals surface area contributed by atoms with E-state index in [0.29, 0.717) is 6.42 Å². The lowest BCUT2D eigenvalue weighted by Crippen LogP contribution is -1.85. The van der Waals surface area contributed by atoms with Gasteiger partial charge in [-0.15, -0.1) is 0 Å². The van der Waals surface area contributed by atoms with Crippen LogP contribution in [0.4, 0.5) is 0 Å². The average molecular weight is 134 g/mol. The van der Waals surface area contributed by atoms with Crippen LogP contribution in [0.3, 0.4) is 0 Å². The molecule has 0 amide bonds. The molecule has 56 valence electrons. The third kappa shape index (κ3) is 35.4. The van der Waals surface area contributed by atoms with Gasteiger partial charge in [-0.1, -0.05) is 6.92 Å². The molecule has 0 radical (unpaired) electrons. The molecule has 0 saturated carbocycles. The fourth-order valence-corrected chi connectivity index (χ4v) is 0.118. The maximum Gasteiger partial charge on any atom is 0.119 e. The molecule has 0 heterocycles. The average Bonchev–Trinajstić information content (AvgIpc) is 1.91. The van der Waals surface area contributed by atoms with Crippen LogP contribution >= 0.6 is 0 Å². The Balaban J connectivity index is 0. The van der Waals surface area contributed by atoms with E-state index >= 15 is 0 Å². The zero-order valence-corrected chi connectivity index (χ0v) is 5.71. The van der Waals surface area contributed by atoms with E-state index in [-0.39, 0.29) is 13.2 Å². The molecule has 0 rings (SSSR count). The molecule has 0 aliphatic rings. The minimum absolute atomic E-state index is 0.125. The Morgan fingerprint density at radius 3 is 1.78 bits per heavy atom. The monoisotopic (exact) mass is 134 g/mol. The molecule has 0 unspecified atom stereocenters. The predicted octanol–water partition coefficient (Wildman–Crippen LogP) is -0.0436. The summed E-state index contributed by atoms with van der Waals surface area (Å²) in [6, 6.07) is 0.